The van der Waals surface area contributed by atoms with Gasteiger partial charge in [-0.1, -0.05) is 30.3 Å². The largest absolute Gasteiger partial charge is 0.485 e. The van der Waals surface area contributed by atoms with Gasteiger partial charge in [0.25, 0.3) is 0 Å². The molecule has 1 N–H and O–H groups in total. The molecule has 160 valence electrons. The monoisotopic (exact) mass is 418 g/mol. The van der Waals surface area contributed by atoms with Gasteiger partial charge in [0, 0.05) is 37.2 Å². The van der Waals surface area contributed by atoms with Gasteiger partial charge in [0.15, 0.2) is 5.78 Å². The van der Waals surface area contributed by atoms with E-state index >= 15 is 0 Å². The molecule has 0 spiro atoms. The van der Waals surface area contributed by atoms with Crippen molar-refractivity contribution < 1.29 is 19.1 Å². The van der Waals surface area contributed by atoms with Crippen LogP contribution >= 0.6 is 0 Å². The molecule has 0 saturated heterocycles. The molecule has 6 heteroatoms. The second kappa shape index (κ2) is 9.60. The fourth-order valence-electron chi connectivity index (χ4n) is 4.13. The van der Waals surface area contributed by atoms with Gasteiger partial charge in [0.1, 0.15) is 17.7 Å². The number of carbonyl (C=O) groups excluding carboxylic acids is 2. The summed E-state index contributed by atoms with van der Waals surface area (Å²) in [6.45, 7) is 0. The fourth-order valence-corrected chi connectivity index (χ4v) is 4.13. The number of ether oxygens (including phenoxy) is 2. The van der Waals surface area contributed by atoms with E-state index in [9.17, 15) is 9.59 Å². The normalized spacial score (nSPS) is 14.0. The van der Waals surface area contributed by atoms with Gasteiger partial charge in [-0.3, -0.25) is 9.59 Å². The van der Waals surface area contributed by atoms with E-state index in [1.165, 1.54) is 7.11 Å². The highest BCUT2D eigenvalue weighted by molar-refractivity contribution is 5.99. The van der Waals surface area contributed by atoms with Crippen LogP contribution in [0.1, 0.15) is 58.2 Å². The summed E-state index contributed by atoms with van der Waals surface area (Å²) in [6, 6.07) is 13.7. The summed E-state index contributed by atoms with van der Waals surface area (Å²) in [4.78, 5) is 31.8. The number of H-pyrrole nitrogens is 1. The molecule has 0 fully saturated rings. The van der Waals surface area contributed by atoms with E-state index in [1.807, 2.05) is 42.5 Å². The number of rotatable bonds is 8. The zero-order valence-corrected chi connectivity index (χ0v) is 17.6. The molecule has 1 aromatic heterocycles. The number of methoxy groups -OCH3 is 1. The number of Topliss-reactive ketones (excluding diaryl/α,β-unsaturated/α-hetero) is 1. The molecule has 0 bridgehead atoms. The molecule has 0 radical (unpaired) electrons. The minimum absolute atomic E-state index is 0.155. The number of esters is 1. The van der Waals surface area contributed by atoms with Crippen molar-refractivity contribution in [3.05, 3.63) is 82.9 Å². The Morgan fingerprint density at radius 1 is 1.16 bits per heavy atom. The first-order chi connectivity index (χ1) is 15.2. The average Bonchev–Trinajstić information content (AvgIpc) is 3.31. The summed E-state index contributed by atoms with van der Waals surface area (Å²) in [5.74, 6) is 1.42. The SMILES string of the molecule is COC(=O)CCc1c(O[C@@H](Cc2ncc[nH]2)c2ccccc2)ccc2c1CCCC2=O. The van der Waals surface area contributed by atoms with Crippen molar-refractivity contribution in [3.63, 3.8) is 0 Å². The lowest BCUT2D eigenvalue weighted by atomic mass is 9.85. The van der Waals surface area contributed by atoms with E-state index < -0.39 is 0 Å². The quantitative estimate of drug-likeness (QED) is 0.549. The van der Waals surface area contributed by atoms with Gasteiger partial charge in [-0.15, -0.1) is 0 Å². The molecule has 1 aliphatic carbocycles. The Morgan fingerprint density at radius 2 is 2.00 bits per heavy atom. The van der Waals surface area contributed by atoms with Crippen LogP contribution in [0.15, 0.2) is 54.9 Å². The van der Waals surface area contributed by atoms with Crippen LogP contribution < -0.4 is 4.74 Å². The molecular formula is C25H26N2O4. The summed E-state index contributed by atoms with van der Waals surface area (Å²) in [6.07, 6.45) is 6.73. The molecule has 0 amide bonds. The minimum Gasteiger partial charge on any atom is -0.485 e. The molecule has 3 aromatic rings. The first kappa shape index (κ1) is 20.8. The van der Waals surface area contributed by atoms with E-state index in [0.29, 0.717) is 25.0 Å². The van der Waals surface area contributed by atoms with Crippen LogP contribution in [0.5, 0.6) is 5.75 Å². The molecule has 0 saturated carbocycles. The highest BCUT2D eigenvalue weighted by Crippen LogP contribution is 2.35. The Kier molecular flexibility index (Phi) is 6.46. The molecular weight excluding hydrogens is 392 g/mol. The number of fused-ring (bicyclic) bond motifs is 1. The predicted molar refractivity (Wildman–Crippen MR) is 116 cm³/mol. The number of hydrogen-bond acceptors (Lipinski definition) is 5. The fraction of sp³-hybridized carbons (Fsp3) is 0.320. The zero-order chi connectivity index (χ0) is 21.6. The van der Waals surface area contributed by atoms with Crippen molar-refractivity contribution in [2.45, 2.75) is 44.6 Å². The van der Waals surface area contributed by atoms with E-state index in [2.05, 4.69) is 9.97 Å². The van der Waals surface area contributed by atoms with Crippen LogP contribution in [-0.2, 0) is 28.8 Å². The topological polar surface area (TPSA) is 81.3 Å². The second-order valence-electron chi connectivity index (χ2n) is 7.68. The third-order valence-corrected chi connectivity index (χ3v) is 5.70. The number of imidazole rings is 1. The van der Waals surface area contributed by atoms with Crippen LogP contribution in [0, 0.1) is 0 Å². The van der Waals surface area contributed by atoms with Gasteiger partial charge in [-0.2, -0.15) is 0 Å². The number of ketones is 1. The number of carbonyl (C=O) groups is 2. The van der Waals surface area contributed by atoms with Crippen LogP contribution in [-0.4, -0.2) is 28.8 Å². The van der Waals surface area contributed by atoms with E-state index in [0.717, 1.165) is 40.9 Å². The van der Waals surface area contributed by atoms with Gasteiger partial charge < -0.3 is 14.5 Å². The van der Waals surface area contributed by atoms with Crippen LogP contribution in [0.4, 0.5) is 0 Å². The van der Waals surface area contributed by atoms with Gasteiger partial charge in [-0.05, 0) is 48.1 Å². The Bertz CT molecular complexity index is 1040. The van der Waals surface area contributed by atoms with Gasteiger partial charge in [0.05, 0.1) is 7.11 Å². The summed E-state index contributed by atoms with van der Waals surface area (Å²) < 4.78 is 11.4. The van der Waals surface area contributed by atoms with Crippen molar-refractivity contribution in [1.82, 2.24) is 9.97 Å². The molecule has 1 aliphatic rings. The smallest absolute Gasteiger partial charge is 0.305 e. The molecule has 1 atom stereocenters. The van der Waals surface area contributed by atoms with Crippen molar-refractivity contribution in [2.24, 2.45) is 0 Å². The Hall–Kier alpha value is -3.41. The molecule has 4 rings (SSSR count). The standard InChI is InChI=1S/C25H26N2O4/c1-30-25(29)13-11-20-18-8-5-9-21(28)19(18)10-12-22(20)31-23(16-24-26-14-15-27-24)17-6-3-2-4-7-17/h2-4,6-7,10,12,14-15,23H,5,8-9,11,13,16H2,1H3,(H,26,27)/t23-/m0/s1. The highest BCUT2D eigenvalue weighted by Gasteiger charge is 2.25. The Labute approximate surface area is 181 Å². The number of aromatic nitrogens is 2. The lowest BCUT2D eigenvalue weighted by molar-refractivity contribution is -0.140. The second-order valence-corrected chi connectivity index (χ2v) is 7.68. The van der Waals surface area contributed by atoms with Crippen LogP contribution in [0.2, 0.25) is 0 Å². The van der Waals surface area contributed by atoms with Crippen molar-refractivity contribution >= 4 is 11.8 Å². The molecule has 6 nitrogen and oxygen atoms in total. The minimum atomic E-state index is -0.277. The van der Waals surface area contributed by atoms with Crippen molar-refractivity contribution in [3.8, 4) is 5.75 Å². The maximum absolute atomic E-state index is 12.5. The number of nitrogens with zero attached hydrogens (tertiary/aromatic N) is 1. The molecule has 1 heterocycles. The Balaban J connectivity index is 1.70. The number of aromatic amines is 1. The Morgan fingerprint density at radius 3 is 2.74 bits per heavy atom. The van der Waals surface area contributed by atoms with Crippen LogP contribution in [0.3, 0.4) is 0 Å². The van der Waals surface area contributed by atoms with Gasteiger partial charge in [-0.25, -0.2) is 4.98 Å². The molecule has 31 heavy (non-hydrogen) atoms. The zero-order valence-electron chi connectivity index (χ0n) is 17.6. The first-order valence-electron chi connectivity index (χ1n) is 10.6. The summed E-state index contributed by atoms with van der Waals surface area (Å²) >= 11 is 0. The molecule has 2 aromatic carbocycles. The third kappa shape index (κ3) is 4.85. The summed E-state index contributed by atoms with van der Waals surface area (Å²) in [5, 5.41) is 0. The van der Waals surface area contributed by atoms with Gasteiger partial charge in [0.2, 0.25) is 0 Å². The van der Waals surface area contributed by atoms with Gasteiger partial charge >= 0.3 is 5.97 Å². The maximum atomic E-state index is 12.5. The molecule has 0 aliphatic heterocycles. The molecule has 0 unspecified atom stereocenters. The van der Waals surface area contributed by atoms with E-state index in [1.54, 1.807) is 12.4 Å². The first-order valence-corrected chi connectivity index (χ1v) is 10.6. The van der Waals surface area contributed by atoms with Crippen LogP contribution in [0.25, 0.3) is 0 Å². The number of hydrogen-bond donors (Lipinski definition) is 1. The van der Waals surface area contributed by atoms with E-state index in [4.69, 9.17) is 9.47 Å². The van der Waals surface area contributed by atoms with Crippen molar-refractivity contribution in [1.29, 1.82) is 0 Å². The summed E-state index contributed by atoms with van der Waals surface area (Å²) in [7, 11) is 1.39. The maximum Gasteiger partial charge on any atom is 0.305 e. The number of benzene rings is 2. The van der Waals surface area contributed by atoms with E-state index in [-0.39, 0.29) is 24.3 Å². The van der Waals surface area contributed by atoms with Crippen molar-refractivity contribution in [2.75, 3.05) is 7.11 Å². The predicted octanol–water partition coefficient (Wildman–Crippen LogP) is 4.40. The highest BCUT2D eigenvalue weighted by atomic mass is 16.5. The lowest BCUT2D eigenvalue weighted by Crippen LogP contribution is -2.17. The average molecular weight is 418 g/mol. The third-order valence-electron chi connectivity index (χ3n) is 5.70. The summed E-state index contributed by atoms with van der Waals surface area (Å²) in [5.41, 5.74) is 3.71. The lowest BCUT2D eigenvalue weighted by Gasteiger charge is -2.25. The number of nitrogens with one attached hydrogen (secondary N) is 1.